The van der Waals surface area contributed by atoms with Crippen LogP contribution < -0.4 is 0 Å². The number of carbonyl (C=O) groups excluding carboxylic acids is 1. The summed E-state index contributed by atoms with van der Waals surface area (Å²) in [6.45, 7) is 3.02. The fraction of sp³-hybridized carbons (Fsp3) is 0.588. The van der Waals surface area contributed by atoms with Gasteiger partial charge < -0.3 is 4.90 Å². The van der Waals surface area contributed by atoms with Gasteiger partial charge in [0, 0.05) is 24.9 Å². The monoisotopic (exact) mass is 293 g/mol. The number of nitrogens with zero attached hydrogens (tertiary/aromatic N) is 1. The Bertz CT molecular complexity index is 444. The van der Waals surface area contributed by atoms with Crippen molar-refractivity contribution in [3.05, 3.63) is 35.4 Å². The van der Waals surface area contributed by atoms with Crippen LogP contribution in [0.5, 0.6) is 0 Å². The molecule has 0 aliphatic carbocycles. The fourth-order valence-corrected chi connectivity index (χ4v) is 3.28. The van der Waals surface area contributed by atoms with Gasteiger partial charge in [-0.05, 0) is 50.2 Å². The second-order valence-corrected chi connectivity index (χ2v) is 6.02. The Morgan fingerprint density at radius 3 is 2.90 bits per heavy atom. The van der Waals surface area contributed by atoms with Crippen LogP contribution in [0.15, 0.2) is 24.3 Å². The molecule has 110 valence electrons. The van der Waals surface area contributed by atoms with Crippen LogP contribution in [0.2, 0.25) is 0 Å². The first-order chi connectivity index (χ1) is 9.72. The number of rotatable bonds is 5. The number of alkyl halides is 1. The lowest BCUT2D eigenvalue weighted by Crippen LogP contribution is -2.44. The second-order valence-electron chi connectivity index (χ2n) is 5.64. The highest BCUT2D eigenvalue weighted by atomic mass is 35.5. The van der Waals surface area contributed by atoms with Crippen LogP contribution in [0.3, 0.4) is 0 Å². The van der Waals surface area contributed by atoms with Gasteiger partial charge in [-0.15, -0.1) is 11.6 Å². The number of carbonyl (C=O) groups is 1. The van der Waals surface area contributed by atoms with Crippen molar-refractivity contribution in [1.82, 2.24) is 4.90 Å². The topological polar surface area (TPSA) is 20.3 Å². The predicted molar refractivity (Wildman–Crippen MR) is 84.2 cm³/mol. The van der Waals surface area contributed by atoms with Gasteiger partial charge in [0.05, 0.1) is 0 Å². The third kappa shape index (κ3) is 3.99. The Morgan fingerprint density at radius 1 is 1.35 bits per heavy atom. The van der Waals surface area contributed by atoms with E-state index < -0.39 is 0 Å². The van der Waals surface area contributed by atoms with Gasteiger partial charge in [0.15, 0.2) is 0 Å². The first kappa shape index (κ1) is 15.4. The molecule has 2 nitrogen and oxygen atoms in total. The molecule has 1 atom stereocenters. The average Bonchev–Trinajstić information content (AvgIpc) is 2.47. The zero-order valence-corrected chi connectivity index (χ0v) is 13.0. The van der Waals surface area contributed by atoms with Gasteiger partial charge in [-0.2, -0.15) is 0 Å². The van der Waals surface area contributed by atoms with E-state index in [1.165, 1.54) is 17.5 Å². The quantitative estimate of drug-likeness (QED) is 0.753. The van der Waals surface area contributed by atoms with E-state index in [9.17, 15) is 4.79 Å². The smallest absolute Gasteiger partial charge is 0.223 e. The number of piperidine rings is 1. The molecular formula is C17H24ClNO. The summed E-state index contributed by atoms with van der Waals surface area (Å²) < 4.78 is 0. The summed E-state index contributed by atoms with van der Waals surface area (Å²) in [4.78, 5) is 14.5. The van der Waals surface area contributed by atoms with Gasteiger partial charge in [0.2, 0.25) is 5.91 Å². The van der Waals surface area contributed by atoms with Crippen LogP contribution in [-0.2, 0) is 11.2 Å². The highest BCUT2D eigenvalue weighted by molar-refractivity contribution is 6.17. The number of aryl methyl sites for hydroxylation is 2. The van der Waals surface area contributed by atoms with Crippen molar-refractivity contribution in [3.63, 3.8) is 0 Å². The minimum absolute atomic E-state index is 0.295. The number of hydrogen-bond donors (Lipinski definition) is 0. The molecule has 1 heterocycles. The van der Waals surface area contributed by atoms with Crippen LogP contribution in [0.1, 0.15) is 43.2 Å². The molecule has 1 unspecified atom stereocenters. The molecule has 1 aliphatic heterocycles. The molecule has 0 aromatic heterocycles. The molecule has 0 bridgehead atoms. The van der Waals surface area contributed by atoms with Crippen molar-refractivity contribution in [3.8, 4) is 0 Å². The third-order valence-corrected chi connectivity index (χ3v) is 4.48. The normalized spacial score (nSPS) is 19.1. The number of hydrogen-bond acceptors (Lipinski definition) is 1. The summed E-state index contributed by atoms with van der Waals surface area (Å²) in [7, 11) is 0. The van der Waals surface area contributed by atoms with E-state index in [0.717, 1.165) is 32.2 Å². The number of halogens is 1. The largest absolute Gasteiger partial charge is 0.340 e. The van der Waals surface area contributed by atoms with Crippen LogP contribution >= 0.6 is 11.6 Å². The molecule has 2 rings (SSSR count). The maximum absolute atomic E-state index is 12.5. The molecule has 1 aliphatic rings. The molecule has 0 saturated carbocycles. The van der Waals surface area contributed by atoms with Crippen molar-refractivity contribution in [2.24, 2.45) is 0 Å². The average molecular weight is 294 g/mol. The first-order valence-corrected chi connectivity index (χ1v) is 8.15. The van der Waals surface area contributed by atoms with Gasteiger partial charge in [0.25, 0.3) is 0 Å². The minimum Gasteiger partial charge on any atom is -0.340 e. The Morgan fingerprint density at radius 2 is 2.15 bits per heavy atom. The second kappa shape index (κ2) is 7.68. The number of amides is 1. The molecular weight excluding hydrogens is 270 g/mol. The predicted octanol–water partition coefficient (Wildman–Crippen LogP) is 3.94. The molecule has 0 radical (unpaired) electrons. The maximum atomic E-state index is 12.5. The first-order valence-electron chi connectivity index (χ1n) is 7.62. The van der Waals surface area contributed by atoms with E-state index in [4.69, 9.17) is 11.6 Å². The fourth-order valence-electron chi connectivity index (χ4n) is 3.03. The van der Waals surface area contributed by atoms with Crippen LogP contribution in [0.25, 0.3) is 0 Å². The SMILES string of the molecule is Cc1ccccc1CCC(=O)N1CCCCC1CCCl. The summed E-state index contributed by atoms with van der Waals surface area (Å²) in [5.74, 6) is 0.940. The molecule has 1 saturated heterocycles. The summed E-state index contributed by atoms with van der Waals surface area (Å²) in [6, 6.07) is 8.68. The van der Waals surface area contributed by atoms with Gasteiger partial charge in [-0.3, -0.25) is 4.79 Å². The van der Waals surface area contributed by atoms with E-state index in [1.54, 1.807) is 0 Å². The van der Waals surface area contributed by atoms with Crippen LogP contribution in [0.4, 0.5) is 0 Å². The Hall–Kier alpha value is -1.02. The highest BCUT2D eigenvalue weighted by Gasteiger charge is 2.25. The zero-order chi connectivity index (χ0) is 14.4. The standard InChI is InChI=1S/C17H24ClNO/c1-14-6-2-3-7-15(14)9-10-17(20)19-13-5-4-8-16(19)11-12-18/h2-3,6-7,16H,4-5,8-13H2,1H3. The molecule has 0 N–H and O–H groups in total. The Labute approximate surface area is 127 Å². The maximum Gasteiger partial charge on any atom is 0.223 e. The minimum atomic E-state index is 0.295. The third-order valence-electron chi connectivity index (χ3n) is 4.26. The van der Waals surface area contributed by atoms with Crippen molar-refractivity contribution in [2.45, 2.75) is 51.5 Å². The number of benzene rings is 1. The van der Waals surface area contributed by atoms with E-state index >= 15 is 0 Å². The lowest BCUT2D eigenvalue weighted by atomic mass is 9.98. The molecule has 1 aromatic rings. The molecule has 1 amide bonds. The van der Waals surface area contributed by atoms with Gasteiger partial charge >= 0.3 is 0 Å². The van der Waals surface area contributed by atoms with E-state index in [-0.39, 0.29) is 0 Å². The summed E-state index contributed by atoms with van der Waals surface area (Å²) in [5.41, 5.74) is 2.56. The highest BCUT2D eigenvalue weighted by Crippen LogP contribution is 2.21. The van der Waals surface area contributed by atoms with Crippen molar-refractivity contribution in [2.75, 3.05) is 12.4 Å². The summed E-state index contributed by atoms with van der Waals surface area (Å²) in [5, 5.41) is 0. The summed E-state index contributed by atoms with van der Waals surface area (Å²) in [6.07, 6.45) is 5.86. The molecule has 1 fully saturated rings. The van der Waals surface area contributed by atoms with Crippen LogP contribution in [0, 0.1) is 6.92 Å². The molecule has 1 aromatic carbocycles. The molecule has 20 heavy (non-hydrogen) atoms. The summed E-state index contributed by atoms with van der Waals surface area (Å²) >= 11 is 5.86. The van der Waals surface area contributed by atoms with E-state index in [2.05, 4.69) is 24.0 Å². The van der Waals surface area contributed by atoms with Gasteiger partial charge in [-0.25, -0.2) is 0 Å². The lowest BCUT2D eigenvalue weighted by molar-refractivity contribution is -0.134. The van der Waals surface area contributed by atoms with Crippen molar-refractivity contribution < 1.29 is 4.79 Å². The van der Waals surface area contributed by atoms with E-state index in [1.807, 2.05) is 12.1 Å². The van der Waals surface area contributed by atoms with Gasteiger partial charge in [0.1, 0.15) is 0 Å². The van der Waals surface area contributed by atoms with Crippen molar-refractivity contribution in [1.29, 1.82) is 0 Å². The van der Waals surface area contributed by atoms with Gasteiger partial charge in [-0.1, -0.05) is 24.3 Å². The lowest BCUT2D eigenvalue weighted by Gasteiger charge is -2.35. The van der Waals surface area contributed by atoms with Crippen molar-refractivity contribution >= 4 is 17.5 Å². The molecule has 0 spiro atoms. The zero-order valence-electron chi connectivity index (χ0n) is 12.3. The Balaban J connectivity index is 1.91. The Kier molecular flexibility index (Phi) is 5.90. The molecule has 3 heteroatoms. The number of likely N-dealkylation sites (tertiary alicyclic amines) is 1. The van der Waals surface area contributed by atoms with E-state index in [0.29, 0.717) is 24.2 Å². The van der Waals surface area contributed by atoms with Crippen LogP contribution in [-0.4, -0.2) is 29.3 Å².